The first-order valence-electron chi connectivity index (χ1n) is 9.02. The van der Waals surface area contributed by atoms with Crippen molar-refractivity contribution >= 4 is 5.97 Å². The fourth-order valence-electron chi connectivity index (χ4n) is 3.06. The lowest BCUT2D eigenvalue weighted by molar-refractivity contribution is 0.0601. The molecule has 0 saturated carbocycles. The summed E-state index contributed by atoms with van der Waals surface area (Å²) in [5.41, 5.74) is 4.24. The van der Waals surface area contributed by atoms with Gasteiger partial charge < -0.3 is 9.15 Å². The maximum Gasteiger partial charge on any atom is 0.337 e. The maximum absolute atomic E-state index is 11.7. The van der Waals surface area contributed by atoms with E-state index >= 15 is 0 Å². The van der Waals surface area contributed by atoms with Crippen molar-refractivity contribution in [2.75, 3.05) is 7.11 Å². The van der Waals surface area contributed by atoms with Crippen molar-refractivity contribution < 1.29 is 13.9 Å². The van der Waals surface area contributed by atoms with Gasteiger partial charge in [0.05, 0.1) is 12.7 Å². The van der Waals surface area contributed by atoms with E-state index in [9.17, 15) is 4.79 Å². The van der Waals surface area contributed by atoms with E-state index in [0.717, 1.165) is 28.1 Å². The van der Waals surface area contributed by atoms with Gasteiger partial charge in [0.15, 0.2) is 0 Å². The molecule has 0 spiro atoms. The molecule has 0 radical (unpaired) electrons. The van der Waals surface area contributed by atoms with E-state index in [0.29, 0.717) is 17.9 Å². The first-order valence-corrected chi connectivity index (χ1v) is 9.02. The average molecular weight is 369 g/mol. The molecule has 3 aromatic carbocycles. The third-order valence-electron chi connectivity index (χ3n) is 4.51. The van der Waals surface area contributed by atoms with Crippen LogP contribution in [0, 0.1) is 0 Å². The van der Waals surface area contributed by atoms with Gasteiger partial charge in [0.1, 0.15) is 11.5 Å². The number of carbonyl (C=O) groups excluding carboxylic acids is 1. The van der Waals surface area contributed by atoms with Crippen LogP contribution in [0.1, 0.15) is 21.7 Å². The monoisotopic (exact) mass is 369 g/mol. The summed E-state index contributed by atoms with van der Waals surface area (Å²) in [6, 6.07) is 27.2. The van der Waals surface area contributed by atoms with Gasteiger partial charge in [0, 0.05) is 17.5 Å². The Bertz CT molecular complexity index is 1070. The molecule has 0 unspecified atom stereocenters. The summed E-state index contributed by atoms with van der Waals surface area (Å²) in [6.45, 7) is 0. The zero-order valence-electron chi connectivity index (χ0n) is 15.5. The number of oxazole rings is 1. The molecule has 0 bridgehead atoms. The van der Waals surface area contributed by atoms with Crippen molar-refractivity contribution in [2.24, 2.45) is 0 Å². The first kappa shape index (κ1) is 17.7. The van der Waals surface area contributed by atoms with Crippen LogP contribution in [0.5, 0.6) is 0 Å². The molecule has 4 aromatic rings. The number of carbonyl (C=O) groups is 1. The number of benzene rings is 3. The van der Waals surface area contributed by atoms with Crippen LogP contribution < -0.4 is 0 Å². The Morgan fingerprint density at radius 2 is 1.50 bits per heavy atom. The minimum atomic E-state index is -0.360. The van der Waals surface area contributed by atoms with Gasteiger partial charge in [0.25, 0.3) is 0 Å². The van der Waals surface area contributed by atoms with Crippen LogP contribution in [0.3, 0.4) is 0 Å². The van der Waals surface area contributed by atoms with Gasteiger partial charge in [0.2, 0.25) is 5.89 Å². The molecule has 0 fully saturated rings. The fraction of sp³-hybridized carbons (Fsp3) is 0.0833. The highest BCUT2D eigenvalue weighted by molar-refractivity contribution is 5.90. The van der Waals surface area contributed by atoms with Gasteiger partial charge in [-0.15, -0.1) is 0 Å². The number of nitrogens with zero attached hydrogens (tertiary/aromatic N) is 1. The molecular formula is C24H19NO3. The fourth-order valence-corrected chi connectivity index (χ4v) is 3.06. The van der Waals surface area contributed by atoms with Crippen LogP contribution in [-0.2, 0) is 11.2 Å². The van der Waals surface area contributed by atoms with E-state index in [1.165, 1.54) is 7.11 Å². The zero-order valence-corrected chi connectivity index (χ0v) is 15.5. The Morgan fingerprint density at radius 1 is 0.857 bits per heavy atom. The summed E-state index contributed by atoms with van der Waals surface area (Å²) in [4.78, 5) is 16.5. The maximum atomic E-state index is 11.7. The number of ether oxygens (including phenoxy) is 1. The summed E-state index contributed by atoms with van der Waals surface area (Å²) >= 11 is 0. The topological polar surface area (TPSA) is 52.3 Å². The number of aromatic nitrogens is 1. The Labute approximate surface area is 163 Å². The molecule has 0 aliphatic heterocycles. The standard InChI is InChI=1S/C24H19NO3/c1-27-24(26)20-14-12-18(13-15-20)22-21(16-17-8-4-2-5-9-17)28-23(25-22)19-10-6-3-7-11-19/h2-15H,16H2,1H3. The van der Waals surface area contributed by atoms with Crippen LogP contribution >= 0.6 is 0 Å². The van der Waals surface area contributed by atoms with Crippen molar-refractivity contribution in [3.05, 3.63) is 102 Å². The van der Waals surface area contributed by atoms with Crippen molar-refractivity contribution in [3.63, 3.8) is 0 Å². The highest BCUT2D eigenvalue weighted by Crippen LogP contribution is 2.31. The molecule has 0 saturated heterocycles. The predicted molar refractivity (Wildman–Crippen MR) is 108 cm³/mol. The van der Waals surface area contributed by atoms with E-state index < -0.39 is 0 Å². The van der Waals surface area contributed by atoms with E-state index in [1.807, 2.05) is 60.7 Å². The Hall–Kier alpha value is -3.66. The number of hydrogen-bond acceptors (Lipinski definition) is 4. The smallest absolute Gasteiger partial charge is 0.337 e. The summed E-state index contributed by atoms with van der Waals surface area (Å²) in [5, 5.41) is 0. The van der Waals surface area contributed by atoms with Gasteiger partial charge >= 0.3 is 5.97 Å². The van der Waals surface area contributed by atoms with Crippen molar-refractivity contribution in [2.45, 2.75) is 6.42 Å². The summed E-state index contributed by atoms with van der Waals surface area (Å²) in [7, 11) is 1.37. The van der Waals surface area contributed by atoms with Crippen molar-refractivity contribution in [1.29, 1.82) is 0 Å². The summed E-state index contributed by atoms with van der Waals surface area (Å²) in [6.07, 6.45) is 0.634. The molecule has 0 atom stereocenters. The number of esters is 1. The minimum absolute atomic E-state index is 0.360. The normalized spacial score (nSPS) is 10.6. The lowest BCUT2D eigenvalue weighted by Crippen LogP contribution is -2.00. The van der Waals surface area contributed by atoms with Crippen LogP contribution in [0.15, 0.2) is 89.3 Å². The van der Waals surface area contributed by atoms with E-state index in [4.69, 9.17) is 14.1 Å². The lowest BCUT2D eigenvalue weighted by Gasteiger charge is -2.03. The number of methoxy groups -OCH3 is 1. The van der Waals surface area contributed by atoms with Crippen molar-refractivity contribution in [1.82, 2.24) is 4.98 Å². The molecule has 0 N–H and O–H groups in total. The molecule has 4 rings (SSSR count). The van der Waals surface area contributed by atoms with Crippen LogP contribution in [0.4, 0.5) is 0 Å². The molecule has 28 heavy (non-hydrogen) atoms. The third-order valence-corrected chi connectivity index (χ3v) is 4.51. The summed E-state index contributed by atoms with van der Waals surface area (Å²) in [5.74, 6) is 1.01. The highest BCUT2D eigenvalue weighted by atomic mass is 16.5. The first-order chi connectivity index (χ1) is 13.7. The molecule has 0 amide bonds. The van der Waals surface area contributed by atoms with Gasteiger partial charge in [-0.05, 0) is 29.8 Å². The Kier molecular flexibility index (Phi) is 5.02. The molecule has 0 aliphatic rings. The minimum Gasteiger partial charge on any atom is -0.465 e. The van der Waals surface area contributed by atoms with Crippen LogP contribution in [0.25, 0.3) is 22.7 Å². The van der Waals surface area contributed by atoms with E-state index in [2.05, 4.69) is 12.1 Å². The number of rotatable bonds is 5. The second-order valence-electron chi connectivity index (χ2n) is 6.39. The van der Waals surface area contributed by atoms with Gasteiger partial charge in [-0.1, -0.05) is 60.7 Å². The van der Waals surface area contributed by atoms with Gasteiger partial charge in [-0.25, -0.2) is 9.78 Å². The molecule has 1 aromatic heterocycles. The quantitative estimate of drug-likeness (QED) is 0.443. The second kappa shape index (κ2) is 7.92. The average Bonchev–Trinajstić information content (AvgIpc) is 3.18. The van der Waals surface area contributed by atoms with Crippen molar-refractivity contribution in [3.8, 4) is 22.7 Å². The molecule has 4 nitrogen and oxygen atoms in total. The predicted octanol–water partition coefficient (Wildman–Crippen LogP) is 5.39. The summed E-state index contributed by atoms with van der Waals surface area (Å²) < 4.78 is 10.9. The van der Waals surface area contributed by atoms with Crippen LogP contribution in [-0.4, -0.2) is 18.1 Å². The SMILES string of the molecule is COC(=O)c1ccc(-c2nc(-c3ccccc3)oc2Cc2ccccc2)cc1. The van der Waals surface area contributed by atoms with Gasteiger partial charge in [-0.2, -0.15) is 0 Å². The second-order valence-corrected chi connectivity index (χ2v) is 6.39. The van der Waals surface area contributed by atoms with E-state index in [1.54, 1.807) is 12.1 Å². The van der Waals surface area contributed by atoms with Gasteiger partial charge in [-0.3, -0.25) is 0 Å². The lowest BCUT2D eigenvalue weighted by atomic mass is 10.0. The largest absolute Gasteiger partial charge is 0.465 e. The molecule has 138 valence electrons. The molecule has 4 heteroatoms. The molecule has 0 aliphatic carbocycles. The Morgan fingerprint density at radius 3 is 2.14 bits per heavy atom. The van der Waals surface area contributed by atoms with E-state index in [-0.39, 0.29) is 5.97 Å². The van der Waals surface area contributed by atoms with Crippen LogP contribution in [0.2, 0.25) is 0 Å². The molecule has 1 heterocycles. The zero-order chi connectivity index (χ0) is 19.3. The Balaban J connectivity index is 1.76. The highest BCUT2D eigenvalue weighted by Gasteiger charge is 2.17. The third kappa shape index (κ3) is 3.71. The molecular weight excluding hydrogens is 350 g/mol. The number of hydrogen-bond donors (Lipinski definition) is 0.